The number of non-ortho nitro benzene ring substituents is 1. The highest BCUT2D eigenvalue weighted by Crippen LogP contribution is 2.16. The van der Waals surface area contributed by atoms with Gasteiger partial charge in [0.1, 0.15) is 0 Å². The molecule has 0 aliphatic carbocycles. The topological polar surface area (TPSA) is 105 Å². The molecule has 0 unspecified atom stereocenters. The molecule has 38 heavy (non-hydrogen) atoms. The summed E-state index contributed by atoms with van der Waals surface area (Å²) in [7, 11) is 0. The molecule has 0 radical (unpaired) electrons. The molecule has 0 bridgehead atoms. The number of carbonyl (C=O) groups is 1. The van der Waals surface area contributed by atoms with Crippen LogP contribution < -0.4 is 10.6 Å². The molecule has 1 heterocycles. The van der Waals surface area contributed by atoms with E-state index in [4.69, 9.17) is 12.2 Å². The van der Waals surface area contributed by atoms with Gasteiger partial charge in [0, 0.05) is 56.2 Å². The van der Waals surface area contributed by atoms with Crippen molar-refractivity contribution in [1.29, 1.82) is 0 Å². The summed E-state index contributed by atoms with van der Waals surface area (Å²) in [6, 6.07) is 16.5. The minimum Gasteiger partial charge on any atom is -0.363 e. The van der Waals surface area contributed by atoms with Crippen LogP contribution in [0.3, 0.4) is 0 Å². The van der Waals surface area contributed by atoms with Crippen molar-refractivity contribution in [3.8, 4) is 0 Å². The number of hydrogen-bond donors (Lipinski definition) is 2. The van der Waals surface area contributed by atoms with Gasteiger partial charge >= 0.3 is 0 Å². The predicted octanol–water partition coefficient (Wildman–Crippen LogP) is 4.31. The van der Waals surface area contributed by atoms with Crippen molar-refractivity contribution in [3.05, 3.63) is 94.1 Å². The Hall–Kier alpha value is -3.79. The van der Waals surface area contributed by atoms with E-state index in [1.54, 1.807) is 24.7 Å². The Labute approximate surface area is 229 Å². The average molecular weight is 537 g/mol. The van der Waals surface area contributed by atoms with E-state index in [0.717, 1.165) is 29.8 Å². The van der Waals surface area contributed by atoms with Crippen LogP contribution in [0.4, 0.5) is 5.69 Å². The number of rotatable bonds is 13. The molecule has 202 valence electrons. The Morgan fingerprint density at radius 2 is 1.84 bits per heavy atom. The second-order valence-electron chi connectivity index (χ2n) is 9.37. The van der Waals surface area contributed by atoms with Gasteiger partial charge < -0.3 is 20.1 Å². The van der Waals surface area contributed by atoms with Crippen LogP contribution >= 0.6 is 12.2 Å². The maximum atomic E-state index is 13.2. The van der Waals surface area contributed by atoms with Crippen molar-refractivity contribution >= 4 is 28.9 Å². The lowest BCUT2D eigenvalue weighted by molar-refractivity contribution is -0.384. The molecule has 3 rings (SSSR count). The SMILES string of the molecule is CCNC(=S)N(Cc1ccccc1)C[C@@H](NC(=O)Cc1cncn1Cc1ccc([N+](=O)[O-])cc1)[C@@H](C)CC. The number of thiocarbonyl (C=S) groups is 1. The van der Waals surface area contributed by atoms with Crippen LogP contribution in [0.1, 0.15) is 44.0 Å². The molecule has 1 amide bonds. The zero-order valence-electron chi connectivity index (χ0n) is 22.2. The third-order valence-electron chi connectivity index (χ3n) is 6.57. The summed E-state index contributed by atoms with van der Waals surface area (Å²) >= 11 is 5.68. The van der Waals surface area contributed by atoms with Gasteiger partial charge in [-0.2, -0.15) is 0 Å². The minimum absolute atomic E-state index is 0.0463. The summed E-state index contributed by atoms with van der Waals surface area (Å²) in [5.41, 5.74) is 2.86. The zero-order chi connectivity index (χ0) is 27.5. The first-order valence-electron chi connectivity index (χ1n) is 12.9. The maximum absolute atomic E-state index is 13.2. The molecule has 2 atom stereocenters. The molecule has 10 heteroatoms. The fourth-order valence-corrected chi connectivity index (χ4v) is 4.44. The summed E-state index contributed by atoms with van der Waals surface area (Å²) in [5, 5.41) is 18.1. The number of carbonyl (C=O) groups excluding carboxylic acids is 1. The molecule has 0 aliphatic heterocycles. The third-order valence-corrected chi connectivity index (χ3v) is 6.97. The van der Waals surface area contributed by atoms with E-state index in [1.165, 1.54) is 12.1 Å². The van der Waals surface area contributed by atoms with E-state index in [1.807, 2.05) is 29.7 Å². The lowest BCUT2D eigenvalue weighted by Gasteiger charge is -2.33. The van der Waals surface area contributed by atoms with Crippen molar-refractivity contribution in [2.75, 3.05) is 13.1 Å². The van der Waals surface area contributed by atoms with Crippen LogP contribution in [-0.2, 0) is 24.3 Å². The van der Waals surface area contributed by atoms with Gasteiger partial charge in [0.25, 0.3) is 5.69 Å². The van der Waals surface area contributed by atoms with Crippen LogP contribution in [-0.4, -0.2) is 49.5 Å². The Balaban J connectivity index is 1.69. The highest BCUT2D eigenvalue weighted by atomic mass is 32.1. The molecular formula is C28H36N6O3S. The van der Waals surface area contributed by atoms with Crippen LogP contribution in [0, 0.1) is 16.0 Å². The van der Waals surface area contributed by atoms with Crippen molar-refractivity contribution in [2.24, 2.45) is 5.92 Å². The third kappa shape index (κ3) is 8.37. The van der Waals surface area contributed by atoms with E-state index >= 15 is 0 Å². The number of aromatic nitrogens is 2. The first-order chi connectivity index (χ1) is 18.3. The number of imidazole rings is 1. The second-order valence-corrected chi connectivity index (χ2v) is 9.76. The van der Waals surface area contributed by atoms with Gasteiger partial charge in [-0.3, -0.25) is 14.9 Å². The van der Waals surface area contributed by atoms with Crippen LogP contribution in [0.15, 0.2) is 67.1 Å². The summed E-state index contributed by atoms with van der Waals surface area (Å²) in [5.74, 6) is 0.154. The summed E-state index contributed by atoms with van der Waals surface area (Å²) < 4.78 is 1.89. The molecular weight excluding hydrogens is 500 g/mol. The number of nitrogens with one attached hydrogen (secondary N) is 2. The lowest BCUT2D eigenvalue weighted by Crippen LogP contribution is -2.51. The number of hydrogen-bond acceptors (Lipinski definition) is 5. The molecule has 9 nitrogen and oxygen atoms in total. The number of nitro groups is 1. The molecule has 0 saturated heterocycles. The van der Waals surface area contributed by atoms with Gasteiger partial charge in [0.2, 0.25) is 5.91 Å². The van der Waals surface area contributed by atoms with E-state index in [2.05, 4.69) is 46.5 Å². The van der Waals surface area contributed by atoms with Gasteiger partial charge in [-0.15, -0.1) is 0 Å². The number of nitro benzene ring substituents is 1. The molecule has 0 aliphatic rings. The summed E-state index contributed by atoms with van der Waals surface area (Å²) in [6.07, 6.45) is 4.45. The number of benzene rings is 2. The quantitative estimate of drug-likeness (QED) is 0.191. The molecule has 1 aromatic heterocycles. The van der Waals surface area contributed by atoms with E-state index in [0.29, 0.717) is 24.7 Å². The Morgan fingerprint density at radius 1 is 1.13 bits per heavy atom. The van der Waals surface area contributed by atoms with E-state index in [-0.39, 0.29) is 30.0 Å². The van der Waals surface area contributed by atoms with Crippen LogP contribution in [0.5, 0.6) is 0 Å². The summed E-state index contributed by atoms with van der Waals surface area (Å²) in [6.45, 7) is 8.70. The van der Waals surface area contributed by atoms with Crippen LogP contribution in [0.2, 0.25) is 0 Å². The van der Waals surface area contributed by atoms with Gasteiger partial charge in [-0.1, -0.05) is 62.7 Å². The van der Waals surface area contributed by atoms with E-state index in [9.17, 15) is 14.9 Å². The fourth-order valence-electron chi connectivity index (χ4n) is 4.16. The largest absolute Gasteiger partial charge is 0.363 e. The molecule has 2 aromatic carbocycles. The van der Waals surface area contributed by atoms with Crippen molar-refractivity contribution in [2.45, 2.75) is 52.7 Å². The maximum Gasteiger partial charge on any atom is 0.269 e. The second kappa shape index (κ2) is 14.2. The first kappa shape index (κ1) is 28.8. The molecule has 0 fully saturated rings. The minimum atomic E-state index is -0.420. The zero-order valence-corrected chi connectivity index (χ0v) is 23.0. The number of amides is 1. The Kier molecular flexibility index (Phi) is 10.8. The molecule has 3 aromatic rings. The summed E-state index contributed by atoms with van der Waals surface area (Å²) in [4.78, 5) is 30.1. The van der Waals surface area contributed by atoms with Gasteiger partial charge in [0.05, 0.1) is 17.7 Å². The Bertz CT molecular complexity index is 1200. The fraction of sp³-hybridized carbons (Fsp3) is 0.393. The van der Waals surface area contributed by atoms with Crippen LogP contribution in [0.25, 0.3) is 0 Å². The highest BCUT2D eigenvalue weighted by molar-refractivity contribution is 7.80. The normalized spacial score (nSPS) is 12.4. The molecule has 0 saturated carbocycles. The average Bonchev–Trinajstić information content (AvgIpc) is 3.34. The smallest absolute Gasteiger partial charge is 0.269 e. The predicted molar refractivity (Wildman–Crippen MR) is 153 cm³/mol. The lowest BCUT2D eigenvalue weighted by atomic mass is 9.98. The highest BCUT2D eigenvalue weighted by Gasteiger charge is 2.24. The van der Waals surface area contributed by atoms with Gasteiger partial charge in [-0.05, 0) is 36.2 Å². The number of nitrogens with zero attached hydrogens (tertiary/aromatic N) is 4. The van der Waals surface area contributed by atoms with Crippen molar-refractivity contribution in [3.63, 3.8) is 0 Å². The molecule has 0 spiro atoms. The van der Waals surface area contributed by atoms with E-state index < -0.39 is 4.92 Å². The van der Waals surface area contributed by atoms with Gasteiger partial charge in [-0.25, -0.2) is 4.98 Å². The van der Waals surface area contributed by atoms with Crippen molar-refractivity contribution < 1.29 is 9.72 Å². The molecule has 2 N–H and O–H groups in total. The Morgan fingerprint density at radius 3 is 2.47 bits per heavy atom. The van der Waals surface area contributed by atoms with Gasteiger partial charge in [0.15, 0.2) is 5.11 Å². The first-order valence-corrected chi connectivity index (χ1v) is 13.3. The van der Waals surface area contributed by atoms with Crippen molar-refractivity contribution in [1.82, 2.24) is 25.1 Å². The standard InChI is InChI=1S/C28H36N6O3S/c1-4-21(3)26(19-32(28(38)30-5-2)17-22-9-7-6-8-10-22)31-27(35)15-25-16-29-20-33(25)18-23-11-13-24(14-12-23)34(36)37/h6-14,16,20-21,26H,4-5,15,17-19H2,1-3H3,(H,30,38)(H,31,35)/t21-,26+/m0/s1. The monoisotopic (exact) mass is 536 g/mol.